The maximum absolute atomic E-state index is 5.79. The molecule has 1 fully saturated rings. The topological polar surface area (TPSA) is 38.5 Å². The Kier molecular flexibility index (Phi) is 5.67. The van der Waals surface area contributed by atoms with Crippen molar-refractivity contribution in [2.24, 2.45) is 11.7 Å². The van der Waals surface area contributed by atoms with Crippen LogP contribution in [0.2, 0.25) is 0 Å². The fraction of sp³-hybridized carbons (Fsp3) is 0.625. The van der Waals surface area contributed by atoms with Gasteiger partial charge in [0.1, 0.15) is 12.4 Å². The van der Waals surface area contributed by atoms with Crippen LogP contribution in [0.1, 0.15) is 31.7 Å². The van der Waals surface area contributed by atoms with E-state index in [2.05, 4.69) is 11.8 Å². The van der Waals surface area contributed by atoms with E-state index in [1.54, 1.807) is 0 Å². The van der Waals surface area contributed by atoms with Crippen LogP contribution in [-0.4, -0.2) is 31.1 Å². The number of rotatable bonds is 5. The van der Waals surface area contributed by atoms with E-state index in [1.807, 2.05) is 24.3 Å². The zero-order valence-electron chi connectivity index (χ0n) is 12.0. The Labute approximate surface area is 116 Å². The Morgan fingerprint density at radius 3 is 2.74 bits per heavy atom. The van der Waals surface area contributed by atoms with Gasteiger partial charge in [0.2, 0.25) is 0 Å². The Morgan fingerprint density at radius 1 is 1.21 bits per heavy atom. The third-order valence-corrected chi connectivity index (χ3v) is 3.94. The fourth-order valence-corrected chi connectivity index (χ4v) is 2.56. The normalized spacial score (nSPS) is 21.1. The fourth-order valence-electron chi connectivity index (χ4n) is 2.56. The van der Waals surface area contributed by atoms with Gasteiger partial charge in [-0.2, -0.15) is 0 Å². The molecule has 106 valence electrons. The van der Waals surface area contributed by atoms with Gasteiger partial charge >= 0.3 is 0 Å². The van der Waals surface area contributed by atoms with Crippen molar-refractivity contribution in [1.82, 2.24) is 4.90 Å². The van der Waals surface area contributed by atoms with Gasteiger partial charge in [0.25, 0.3) is 0 Å². The number of nitrogens with two attached hydrogens (primary N) is 1. The van der Waals surface area contributed by atoms with E-state index in [-0.39, 0.29) is 0 Å². The Hall–Kier alpha value is -1.06. The molecule has 3 heteroatoms. The Balaban J connectivity index is 1.70. The molecule has 2 N–H and O–H groups in total. The number of ether oxygens (including phenoxy) is 1. The third-order valence-electron chi connectivity index (χ3n) is 3.94. The predicted molar refractivity (Wildman–Crippen MR) is 79.3 cm³/mol. The van der Waals surface area contributed by atoms with E-state index >= 15 is 0 Å². The van der Waals surface area contributed by atoms with Crippen LogP contribution in [0.15, 0.2) is 24.3 Å². The number of hydrogen-bond donors (Lipinski definition) is 1. The summed E-state index contributed by atoms with van der Waals surface area (Å²) < 4.78 is 5.79. The second kappa shape index (κ2) is 7.51. The summed E-state index contributed by atoms with van der Waals surface area (Å²) in [6.07, 6.45) is 4.02. The van der Waals surface area contributed by atoms with Crippen LogP contribution in [0.5, 0.6) is 5.75 Å². The second-order valence-electron chi connectivity index (χ2n) is 5.57. The molecular formula is C16H26N2O. The molecule has 2 rings (SSSR count). The minimum Gasteiger partial charge on any atom is -0.492 e. The number of nitrogens with zero attached hydrogens (tertiary/aromatic N) is 1. The molecular weight excluding hydrogens is 236 g/mol. The number of benzene rings is 1. The third kappa shape index (κ3) is 4.84. The van der Waals surface area contributed by atoms with Crippen molar-refractivity contribution in [1.29, 1.82) is 0 Å². The highest BCUT2D eigenvalue weighted by atomic mass is 16.5. The van der Waals surface area contributed by atoms with Crippen molar-refractivity contribution in [2.75, 3.05) is 26.2 Å². The molecule has 1 unspecified atom stereocenters. The summed E-state index contributed by atoms with van der Waals surface area (Å²) in [5.74, 6) is 1.83. The van der Waals surface area contributed by atoms with Crippen molar-refractivity contribution in [3.05, 3.63) is 29.8 Å². The number of likely N-dealkylation sites (tertiary alicyclic amines) is 1. The Bertz CT molecular complexity index is 364. The minimum atomic E-state index is 0.590. The van der Waals surface area contributed by atoms with Gasteiger partial charge in [0.05, 0.1) is 0 Å². The van der Waals surface area contributed by atoms with Gasteiger partial charge in [0.15, 0.2) is 0 Å². The zero-order chi connectivity index (χ0) is 13.5. The largest absolute Gasteiger partial charge is 0.492 e. The summed E-state index contributed by atoms with van der Waals surface area (Å²) in [5.41, 5.74) is 6.72. The summed E-state index contributed by atoms with van der Waals surface area (Å²) >= 11 is 0. The lowest BCUT2D eigenvalue weighted by Crippen LogP contribution is -2.29. The van der Waals surface area contributed by atoms with E-state index in [0.717, 1.165) is 30.4 Å². The average Bonchev–Trinajstić information content (AvgIpc) is 2.65. The van der Waals surface area contributed by atoms with Gasteiger partial charge in [-0.1, -0.05) is 19.1 Å². The van der Waals surface area contributed by atoms with Crippen LogP contribution in [-0.2, 0) is 6.54 Å². The SMILES string of the molecule is CC1CCCN(CCOc2ccc(CN)cc2)CC1. The van der Waals surface area contributed by atoms with Crippen LogP contribution in [0.25, 0.3) is 0 Å². The van der Waals surface area contributed by atoms with Crippen LogP contribution in [0.4, 0.5) is 0 Å². The highest BCUT2D eigenvalue weighted by molar-refractivity contribution is 5.27. The van der Waals surface area contributed by atoms with Crippen molar-refractivity contribution in [3.63, 3.8) is 0 Å². The maximum Gasteiger partial charge on any atom is 0.119 e. The Morgan fingerprint density at radius 2 is 2.00 bits per heavy atom. The van der Waals surface area contributed by atoms with Crippen LogP contribution in [0, 0.1) is 5.92 Å². The molecule has 0 aliphatic carbocycles. The van der Waals surface area contributed by atoms with E-state index in [1.165, 1.54) is 32.4 Å². The first-order valence-electron chi connectivity index (χ1n) is 7.42. The lowest BCUT2D eigenvalue weighted by Gasteiger charge is -2.20. The molecule has 0 aromatic heterocycles. The van der Waals surface area contributed by atoms with Crippen molar-refractivity contribution in [2.45, 2.75) is 32.7 Å². The highest BCUT2D eigenvalue weighted by Crippen LogP contribution is 2.16. The summed E-state index contributed by atoms with van der Waals surface area (Å²) in [7, 11) is 0. The molecule has 3 nitrogen and oxygen atoms in total. The maximum atomic E-state index is 5.79. The van der Waals surface area contributed by atoms with Gasteiger partial charge in [-0.25, -0.2) is 0 Å². The lowest BCUT2D eigenvalue weighted by molar-refractivity contribution is 0.212. The van der Waals surface area contributed by atoms with Crippen LogP contribution < -0.4 is 10.5 Å². The quantitative estimate of drug-likeness (QED) is 0.886. The zero-order valence-corrected chi connectivity index (χ0v) is 12.0. The van der Waals surface area contributed by atoms with Crippen LogP contribution in [0.3, 0.4) is 0 Å². The predicted octanol–water partition coefficient (Wildman–Crippen LogP) is 2.65. The average molecular weight is 262 g/mol. The summed E-state index contributed by atoms with van der Waals surface area (Å²) in [5, 5.41) is 0. The van der Waals surface area contributed by atoms with Gasteiger partial charge in [-0.15, -0.1) is 0 Å². The van der Waals surface area contributed by atoms with Crippen molar-refractivity contribution >= 4 is 0 Å². The summed E-state index contributed by atoms with van der Waals surface area (Å²) in [6.45, 7) is 7.20. The molecule has 1 saturated heterocycles. The molecule has 0 bridgehead atoms. The molecule has 0 spiro atoms. The lowest BCUT2D eigenvalue weighted by atomic mass is 10.0. The second-order valence-corrected chi connectivity index (χ2v) is 5.57. The molecule has 0 saturated carbocycles. The minimum absolute atomic E-state index is 0.590. The summed E-state index contributed by atoms with van der Waals surface area (Å²) in [4.78, 5) is 2.53. The molecule has 0 radical (unpaired) electrons. The standard InChI is InChI=1S/C16H26N2O/c1-14-3-2-9-18(10-8-14)11-12-19-16-6-4-15(13-17)5-7-16/h4-7,14H,2-3,8-13,17H2,1H3. The van der Waals surface area contributed by atoms with Gasteiger partial charge in [-0.05, 0) is 56.0 Å². The molecule has 1 aliphatic heterocycles. The molecule has 1 aromatic carbocycles. The van der Waals surface area contributed by atoms with Gasteiger partial charge < -0.3 is 10.5 Å². The van der Waals surface area contributed by atoms with E-state index in [9.17, 15) is 0 Å². The van der Waals surface area contributed by atoms with E-state index in [4.69, 9.17) is 10.5 Å². The van der Waals surface area contributed by atoms with Gasteiger partial charge in [-0.3, -0.25) is 4.90 Å². The smallest absolute Gasteiger partial charge is 0.119 e. The molecule has 19 heavy (non-hydrogen) atoms. The van der Waals surface area contributed by atoms with Crippen molar-refractivity contribution in [3.8, 4) is 5.75 Å². The van der Waals surface area contributed by atoms with E-state index in [0.29, 0.717) is 6.54 Å². The first-order chi connectivity index (χ1) is 9.28. The summed E-state index contributed by atoms with van der Waals surface area (Å²) in [6, 6.07) is 8.07. The first-order valence-corrected chi connectivity index (χ1v) is 7.42. The molecule has 1 aromatic rings. The first kappa shape index (κ1) is 14.4. The van der Waals surface area contributed by atoms with Gasteiger partial charge in [0, 0.05) is 13.1 Å². The monoisotopic (exact) mass is 262 g/mol. The highest BCUT2D eigenvalue weighted by Gasteiger charge is 2.13. The molecule has 1 aliphatic rings. The van der Waals surface area contributed by atoms with Crippen molar-refractivity contribution < 1.29 is 4.74 Å². The molecule has 0 amide bonds. The van der Waals surface area contributed by atoms with E-state index < -0.39 is 0 Å². The molecule has 1 atom stereocenters. The number of hydrogen-bond acceptors (Lipinski definition) is 3. The van der Waals surface area contributed by atoms with Crippen LogP contribution >= 0.6 is 0 Å². The molecule has 1 heterocycles.